The number of aryl methyl sites for hydroxylation is 1. The third-order valence-corrected chi connectivity index (χ3v) is 6.09. The molecule has 0 bridgehead atoms. The first kappa shape index (κ1) is 24.0. The molecule has 168 valence electrons. The highest BCUT2D eigenvalue weighted by atomic mass is 79.9. The molecule has 3 rings (SSSR count). The van der Waals surface area contributed by atoms with Gasteiger partial charge >= 0.3 is 5.97 Å². The van der Waals surface area contributed by atoms with Crippen molar-refractivity contribution in [3.8, 4) is 11.6 Å². The van der Waals surface area contributed by atoms with Crippen molar-refractivity contribution in [3.63, 3.8) is 0 Å². The smallest absolute Gasteiger partial charge is 0.337 e. The lowest BCUT2D eigenvalue weighted by atomic mass is 10.1. The van der Waals surface area contributed by atoms with Gasteiger partial charge in [-0.15, -0.1) is 0 Å². The summed E-state index contributed by atoms with van der Waals surface area (Å²) in [7, 11) is 1.30. The average Bonchev–Trinajstić information content (AvgIpc) is 2.80. The first-order valence-electron chi connectivity index (χ1n) is 9.46. The van der Waals surface area contributed by atoms with E-state index < -0.39 is 17.3 Å². The monoisotopic (exact) mass is 521 g/mol. The standard InChI is InChI=1S/C22H21BrFN3O4S/c1-12-4-5-13(21(29)30-2)9-17(12)27-20(18(23)19(28)26-22(27)32-3)31-11-14-6-7-16(24)8-15(14)10-25/h4-9H,10-11,25H2,1-3H3. The number of esters is 1. The molecular formula is C22H21BrFN3O4S. The van der Waals surface area contributed by atoms with Crippen LogP contribution >= 0.6 is 27.7 Å². The molecule has 0 saturated heterocycles. The van der Waals surface area contributed by atoms with E-state index in [0.717, 1.165) is 5.56 Å². The van der Waals surface area contributed by atoms with Crippen molar-refractivity contribution < 1.29 is 18.7 Å². The highest BCUT2D eigenvalue weighted by Gasteiger charge is 2.21. The van der Waals surface area contributed by atoms with Gasteiger partial charge in [0.2, 0.25) is 5.88 Å². The zero-order valence-corrected chi connectivity index (χ0v) is 20.0. The summed E-state index contributed by atoms with van der Waals surface area (Å²) >= 11 is 4.54. The Bertz CT molecular complexity index is 1230. The fourth-order valence-electron chi connectivity index (χ4n) is 3.11. The lowest BCUT2D eigenvalue weighted by Crippen LogP contribution is -2.19. The molecule has 1 heterocycles. The minimum atomic E-state index is -0.500. The van der Waals surface area contributed by atoms with E-state index in [0.29, 0.717) is 27.5 Å². The zero-order chi connectivity index (χ0) is 23.4. The first-order valence-corrected chi connectivity index (χ1v) is 11.5. The number of rotatable bonds is 7. The van der Waals surface area contributed by atoms with Crippen LogP contribution in [0.15, 0.2) is 50.8 Å². The molecule has 0 saturated carbocycles. The van der Waals surface area contributed by atoms with Crippen molar-refractivity contribution in [2.45, 2.75) is 25.2 Å². The number of benzene rings is 2. The fraction of sp³-hybridized carbons (Fsp3) is 0.227. The number of carbonyl (C=O) groups excluding carboxylic acids is 1. The molecule has 32 heavy (non-hydrogen) atoms. The molecule has 1 aromatic heterocycles. The fourth-order valence-corrected chi connectivity index (χ4v) is 4.02. The number of hydrogen-bond acceptors (Lipinski definition) is 7. The molecule has 0 amide bonds. The summed E-state index contributed by atoms with van der Waals surface area (Å²) in [6.45, 7) is 2.04. The van der Waals surface area contributed by atoms with Gasteiger partial charge in [0.15, 0.2) is 5.16 Å². The lowest BCUT2D eigenvalue weighted by molar-refractivity contribution is 0.0600. The number of halogens is 2. The normalized spacial score (nSPS) is 10.8. The molecule has 0 fully saturated rings. The summed E-state index contributed by atoms with van der Waals surface area (Å²) < 4.78 is 26.3. The van der Waals surface area contributed by atoms with Crippen LogP contribution in [0.3, 0.4) is 0 Å². The van der Waals surface area contributed by atoms with Crippen molar-refractivity contribution in [2.24, 2.45) is 5.73 Å². The summed E-state index contributed by atoms with van der Waals surface area (Å²) in [5.41, 5.74) is 8.27. The second-order valence-corrected chi connectivity index (χ2v) is 8.32. The summed E-state index contributed by atoms with van der Waals surface area (Å²) in [6.07, 6.45) is 1.78. The predicted octanol–water partition coefficient (Wildman–Crippen LogP) is 3.99. The number of thioether (sulfide) groups is 1. The van der Waals surface area contributed by atoms with Crippen LogP contribution in [-0.4, -0.2) is 28.9 Å². The van der Waals surface area contributed by atoms with E-state index >= 15 is 0 Å². The van der Waals surface area contributed by atoms with Gasteiger partial charge in [0.1, 0.15) is 16.9 Å². The molecule has 2 aromatic carbocycles. The number of ether oxygens (including phenoxy) is 2. The predicted molar refractivity (Wildman–Crippen MR) is 124 cm³/mol. The van der Waals surface area contributed by atoms with Crippen LogP contribution < -0.4 is 16.0 Å². The SMILES string of the molecule is COC(=O)c1ccc(C)c(-n2c(SC)nc(=O)c(Br)c2OCc2ccc(F)cc2CN)c1. The molecular weight excluding hydrogens is 501 g/mol. The Balaban J connectivity index is 2.17. The summed E-state index contributed by atoms with van der Waals surface area (Å²) in [4.78, 5) is 28.7. The van der Waals surface area contributed by atoms with Gasteiger partial charge in [0.25, 0.3) is 5.56 Å². The van der Waals surface area contributed by atoms with E-state index in [1.54, 1.807) is 35.1 Å². The molecule has 0 spiro atoms. The van der Waals surface area contributed by atoms with Crippen LogP contribution in [0.5, 0.6) is 5.88 Å². The van der Waals surface area contributed by atoms with Gasteiger partial charge in [-0.2, -0.15) is 4.98 Å². The summed E-state index contributed by atoms with van der Waals surface area (Å²) in [5.74, 6) is -0.686. The van der Waals surface area contributed by atoms with Gasteiger partial charge < -0.3 is 15.2 Å². The summed E-state index contributed by atoms with van der Waals surface area (Å²) in [6, 6.07) is 9.34. The topological polar surface area (TPSA) is 96.4 Å². The summed E-state index contributed by atoms with van der Waals surface area (Å²) in [5, 5.41) is 0.372. The molecule has 3 aromatic rings. The number of nitrogens with two attached hydrogens (primary N) is 1. The largest absolute Gasteiger partial charge is 0.473 e. The van der Waals surface area contributed by atoms with Gasteiger partial charge in [-0.05, 0) is 70.1 Å². The maximum absolute atomic E-state index is 13.6. The Kier molecular flexibility index (Phi) is 7.70. The Morgan fingerprint density at radius 3 is 2.66 bits per heavy atom. The number of methoxy groups -OCH3 is 1. The van der Waals surface area contributed by atoms with Crippen LogP contribution in [0.4, 0.5) is 4.39 Å². The number of nitrogens with zero attached hydrogens (tertiary/aromatic N) is 2. The number of carbonyl (C=O) groups is 1. The quantitative estimate of drug-likeness (QED) is 0.285. The molecule has 0 radical (unpaired) electrons. The van der Waals surface area contributed by atoms with Gasteiger partial charge in [-0.1, -0.05) is 23.9 Å². The first-order chi connectivity index (χ1) is 15.3. The second-order valence-electron chi connectivity index (χ2n) is 6.76. The Hall–Kier alpha value is -2.69. The van der Waals surface area contributed by atoms with Crippen molar-refractivity contribution in [1.29, 1.82) is 0 Å². The third kappa shape index (κ3) is 4.87. The molecule has 2 N–H and O–H groups in total. The van der Waals surface area contributed by atoms with E-state index in [9.17, 15) is 14.0 Å². The zero-order valence-electron chi connectivity index (χ0n) is 17.6. The number of hydrogen-bond donors (Lipinski definition) is 1. The van der Waals surface area contributed by atoms with E-state index in [1.807, 2.05) is 6.92 Å². The van der Waals surface area contributed by atoms with Gasteiger partial charge in [-0.3, -0.25) is 9.36 Å². The van der Waals surface area contributed by atoms with E-state index in [-0.39, 0.29) is 23.5 Å². The maximum atomic E-state index is 13.6. The van der Waals surface area contributed by atoms with Gasteiger partial charge in [0, 0.05) is 6.54 Å². The van der Waals surface area contributed by atoms with Crippen molar-refractivity contribution in [1.82, 2.24) is 9.55 Å². The molecule has 0 aliphatic rings. The van der Waals surface area contributed by atoms with Gasteiger partial charge in [-0.25, -0.2) is 9.18 Å². The maximum Gasteiger partial charge on any atom is 0.337 e. The van der Waals surface area contributed by atoms with Crippen molar-refractivity contribution in [2.75, 3.05) is 13.4 Å². The Morgan fingerprint density at radius 1 is 1.25 bits per heavy atom. The van der Waals surface area contributed by atoms with Crippen molar-refractivity contribution in [3.05, 3.63) is 79.3 Å². The van der Waals surface area contributed by atoms with Crippen LogP contribution in [0, 0.1) is 12.7 Å². The molecule has 0 atom stereocenters. The molecule has 10 heteroatoms. The third-order valence-electron chi connectivity index (χ3n) is 4.77. The second kappa shape index (κ2) is 10.3. The molecule has 0 aliphatic carbocycles. The van der Waals surface area contributed by atoms with Crippen molar-refractivity contribution >= 4 is 33.7 Å². The van der Waals surface area contributed by atoms with E-state index in [1.165, 1.54) is 31.0 Å². The van der Waals surface area contributed by atoms with Crippen LogP contribution in [0.2, 0.25) is 0 Å². The molecule has 7 nitrogen and oxygen atoms in total. The highest BCUT2D eigenvalue weighted by Crippen LogP contribution is 2.32. The minimum absolute atomic E-state index is 0.0401. The van der Waals surface area contributed by atoms with Gasteiger partial charge in [0.05, 0.1) is 18.4 Å². The van der Waals surface area contributed by atoms with E-state index in [4.69, 9.17) is 15.2 Å². The minimum Gasteiger partial charge on any atom is -0.473 e. The lowest BCUT2D eigenvalue weighted by Gasteiger charge is -2.21. The Morgan fingerprint density at radius 2 is 2.00 bits per heavy atom. The Labute approximate surface area is 196 Å². The van der Waals surface area contributed by atoms with Crippen LogP contribution in [0.25, 0.3) is 5.69 Å². The van der Waals surface area contributed by atoms with Crippen LogP contribution in [-0.2, 0) is 17.9 Å². The van der Waals surface area contributed by atoms with E-state index in [2.05, 4.69) is 20.9 Å². The number of aromatic nitrogens is 2. The average molecular weight is 522 g/mol. The van der Waals surface area contributed by atoms with Crippen LogP contribution in [0.1, 0.15) is 27.0 Å². The molecule has 0 aliphatic heterocycles. The highest BCUT2D eigenvalue weighted by molar-refractivity contribution is 9.10. The molecule has 0 unspecified atom stereocenters.